The predicted octanol–water partition coefficient (Wildman–Crippen LogP) is 1.49. The molecule has 0 rings (SSSR count). The van der Waals surface area contributed by atoms with Gasteiger partial charge in [0, 0.05) is 0 Å². The maximum Gasteiger partial charge on any atom is -0.00489 e. The normalized spacial score (nSPS) is 13.4. The third kappa shape index (κ3) is 6.32. The van der Waals surface area contributed by atoms with Crippen molar-refractivity contribution in [3.8, 4) is 0 Å². The van der Waals surface area contributed by atoms with Crippen LogP contribution in [-0.4, -0.2) is 13.1 Å². The molecule has 0 spiro atoms. The molecule has 0 saturated heterocycles. The lowest BCUT2D eigenvalue weighted by Crippen LogP contribution is -2.14. The molecule has 0 aliphatic rings. The molecule has 4 N–H and O–H groups in total. The van der Waals surface area contributed by atoms with Crippen molar-refractivity contribution in [2.24, 2.45) is 17.4 Å². The lowest BCUT2D eigenvalue weighted by atomic mass is 9.97. The van der Waals surface area contributed by atoms with Crippen LogP contribution in [0.25, 0.3) is 0 Å². The van der Waals surface area contributed by atoms with Crippen LogP contribution in [0.1, 0.15) is 39.0 Å². The molecule has 0 fully saturated rings. The molecular weight excluding hydrogens is 136 g/mol. The number of nitrogens with two attached hydrogens (primary N) is 2. The van der Waals surface area contributed by atoms with E-state index in [-0.39, 0.29) is 0 Å². The van der Waals surface area contributed by atoms with Gasteiger partial charge in [0.1, 0.15) is 0 Å². The second-order valence-corrected chi connectivity index (χ2v) is 3.17. The van der Waals surface area contributed by atoms with Gasteiger partial charge in [0.05, 0.1) is 0 Å². The highest BCUT2D eigenvalue weighted by molar-refractivity contribution is 4.59. The van der Waals surface area contributed by atoms with Gasteiger partial charge in [0.2, 0.25) is 0 Å². The number of unbranched alkanes of at least 4 members (excludes halogenated alkanes) is 1. The molecule has 1 unspecified atom stereocenters. The summed E-state index contributed by atoms with van der Waals surface area (Å²) in [6.07, 6.45) is 6.20. The zero-order valence-corrected chi connectivity index (χ0v) is 7.68. The molecule has 0 amide bonds. The van der Waals surface area contributed by atoms with E-state index in [4.69, 9.17) is 11.5 Å². The number of rotatable bonds is 7. The molecule has 0 heterocycles. The molecule has 0 aromatic rings. The molecule has 2 heteroatoms. The van der Waals surface area contributed by atoms with E-state index in [0.29, 0.717) is 0 Å². The van der Waals surface area contributed by atoms with E-state index < -0.39 is 0 Å². The van der Waals surface area contributed by atoms with Crippen molar-refractivity contribution in [2.45, 2.75) is 39.0 Å². The standard InChI is InChI=1S/C9H22N2/c1-2-5-9(8-11)6-3-4-7-10/h9H,2-8,10-11H2,1H3. The number of hydrogen-bond acceptors (Lipinski definition) is 2. The summed E-state index contributed by atoms with van der Waals surface area (Å²) in [5.74, 6) is 0.742. The van der Waals surface area contributed by atoms with E-state index >= 15 is 0 Å². The molecule has 0 aliphatic heterocycles. The van der Waals surface area contributed by atoms with Crippen molar-refractivity contribution in [1.82, 2.24) is 0 Å². The van der Waals surface area contributed by atoms with Crippen LogP contribution >= 0.6 is 0 Å². The van der Waals surface area contributed by atoms with E-state index in [0.717, 1.165) is 25.4 Å². The Morgan fingerprint density at radius 1 is 1.09 bits per heavy atom. The topological polar surface area (TPSA) is 52.0 Å². The highest BCUT2D eigenvalue weighted by Gasteiger charge is 2.03. The Kier molecular flexibility index (Phi) is 7.96. The fraction of sp³-hybridized carbons (Fsp3) is 1.00. The summed E-state index contributed by atoms with van der Waals surface area (Å²) in [6.45, 7) is 3.88. The van der Waals surface area contributed by atoms with Crippen LogP contribution in [0.5, 0.6) is 0 Å². The molecular formula is C9H22N2. The molecule has 0 aliphatic carbocycles. The molecule has 2 nitrogen and oxygen atoms in total. The maximum atomic E-state index is 5.61. The zero-order chi connectivity index (χ0) is 8.53. The first-order valence-electron chi connectivity index (χ1n) is 4.75. The quantitative estimate of drug-likeness (QED) is 0.551. The van der Waals surface area contributed by atoms with Crippen molar-refractivity contribution in [3.63, 3.8) is 0 Å². The minimum atomic E-state index is 0.742. The molecule has 0 aromatic heterocycles. The Bertz CT molecular complexity index is 74.0. The maximum absolute atomic E-state index is 5.61. The van der Waals surface area contributed by atoms with E-state index in [1.807, 2.05) is 0 Å². The molecule has 0 aromatic carbocycles. The Hall–Kier alpha value is -0.0800. The van der Waals surface area contributed by atoms with Gasteiger partial charge >= 0.3 is 0 Å². The Morgan fingerprint density at radius 2 is 1.82 bits per heavy atom. The second-order valence-electron chi connectivity index (χ2n) is 3.17. The first kappa shape index (κ1) is 10.9. The summed E-state index contributed by atoms with van der Waals surface area (Å²) in [4.78, 5) is 0. The van der Waals surface area contributed by atoms with Gasteiger partial charge in [-0.2, -0.15) is 0 Å². The van der Waals surface area contributed by atoms with E-state index in [2.05, 4.69) is 6.92 Å². The van der Waals surface area contributed by atoms with Crippen molar-refractivity contribution >= 4 is 0 Å². The highest BCUT2D eigenvalue weighted by Crippen LogP contribution is 2.12. The molecule has 0 radical (unpaired) electrons. The Balaban J connectivity index is 3.20. The van der Waals surface area contributed by atoms with Crippen molar-refractivity contribution in [3.05, 3.63) is 0 Å². The van der Waals surface area contributed by atoms with Crippen molar-refractivity contribution in [1.29, 1.82) is 0 Å². The fourth-order valence-corrected chi connectivity index (χ4v) is 1.37. The smallest absolute Gasteiger partial charge is 0.00489 e. The first-order chi connectivity index (χ1) is 5.35. The van der Waals surface area contributed by atoms with Gasteiger partial charge < -0.3 is 11.5 Å². The van der Waals surface area contributed by atoms with E-state index in [1.165, 1.54) is 25.7 Å². The summed E-state index contributed by atoms with van der Waals surface area (Å²) in [7, 11) is 0. The van der Waals surface area contributed by atoms with Gasteiger partial charge in [-0.15, -0.1) is 0 Å². The summed E-state index contributed by atoms with van der Waals surface area (Å²) >= 11 is 0. The first-order valence-corrected chi connectivity index (χ1v) is 4.75. The van der Waals surface area contributed by atoms with Gasteiger partial charge in [-0.3, -0.25) is 0 Å². The Labute approximate surface area is 70.3 Å². The average Bonchev–Trinajstić information content (AvgIpc) is 2.03. The summed E-state index contributed by atoms with van der Waals surface area (Å²) in [5, 5.41) is 0. The van der Waals surface area contributed by atoms with Gasteiger partial charge in [0.15, 0.2) is 0 Å². The van der Waals surface area contributed by atoms with Crippen LogP contribution < -0.4 is 11.5 Å². The molecule has 0 bridgehead atoms. The Morgan fingerprint density at radius 3 is 2.27 bits per heavy atom. The van der Waals surface area contributed by atoms with Crippen LogP contribution in [0.4, 0.5) is 0 Å². The fourth-order valence-electron chi connectivity index (χ4n) is 1.37. The van der Waals surface area contributed by atoms with Gasteiger partial charge in [0.25, 0.3) is 0 Å². The van der Waals surface area contributed by atoms with Gasteiger partial charge in [-0.1, -0.05) is 19.8 Å². The zero-order valence-electron chi connectivity index (χ0n) is 7.68. The van der Waals surface area contributed by atoms with Crippen LogP contribution in [0, 0.1) is 5.92 Å². The van der Waals surface area contributed by atoms with E-state index in [1.54, 1.807) is 0 Å². The van der Waals surface area contributed by atoms with Gasteiger partial charge in [-0.05, 0) is 38.3 Å². The second kappa shape index (κ2) is 8.02. The van der Waals surface area contributed by atoms with Crippen LogP contribution in [-0.2, 0) is 0 Å². The van der Waals surface area contributed by atoms with Crippen LogP contribution in [0.2, 0.25) is 0 Å². The van der Waals surface area contributed by atoms with Crippen molar-refractivity contribution in [2.75, 3.05) is 13.1 Å². The van der Waals surface area contributed by atoms with Crippen LogP contribution in [0.15, 0.2) is 0 Å². The van der Waals surface area contributed by atoms with Crippen molar-refractivity contribution < 1.29 is 0 Å². The largest absolute Gasteiger partial charge is 0.330 e. The minimum absolute atomic E-state index is 0.742. The minimum Gasteiger partial charge on any atom is -0.330 e. The molecule has 1 atom stereocenters. The molecule has 11 heavy (non-hydrogen) atoms. The van der Waals surface area contributed by atoms with Gasteiger partial charge in [-0.25, -0.2) is 0 Å². The summed E-state index contributed by atoms with van der Waals surface area (Å²) in [5.41, 5.74) is 11.0. The lowest BCUT2D eigenvalue weighted by molar-refractivity contribution is 0.436. The third-order valence-corrected chi connectivity index (χ3v) is 2.10. The molecule has 68 valence electrons. The molecule has 0 saturated carbocycles. The lowest BCUT2D eigenvalue weighted by Gasteiger charge is -2.12. The highest BCUT2D eigenvalue weighted by atomic mass is 14.5. The third-order valence-electron chi connectivity index (χ3n) is 2.10. The predicted molar refractivity (Wildman–Crippen MR) is 50.4 cm³/mol. The monoisotopic (exact) mass is 158 g/mol. The van der Waals surface area contributed by atoms with E-state index in [9.17, 15) is 0 Å². The number of hydrogen-bond donors (Lipinski definition) is 2. The SMILES string of the molecule is CCCC(CN)CCCCN. The summed E-state index contributed by atoms with van der Waals surface area (Å²) < 4.78 is 0. The average molecular weight is 158 g/mol. The van der Waals surface area contributed by atoms with Crippen LogP contribution in [0.3, 0.4) is 0 Å². The summed E-state index contributed by atoms with van der Waals surface area (Å²) in [6, 6.07) is 0.